The van der Waals surface area contributed by atoms with E-state index in [4.69, 9.17) is 11.1 Å². The number of nitrogens with two attached hydrogens (primary N) is 1. The van der Waals surface area contributed by atoms with Gasteiger partial charge in [-0.2, -0.15) is 4.80 Å². The highest BCUT2D eigenvalue weighted by Gasteiger charge is 2.06. The Morgan fingerprint density at radius 3 is 2.56 bits per heavy atom. The molecule has 94 valence electrons. The topological polar surface area (TPSA) is 96.7 Å². The van der Waals surface area contributed by atoms with Crippen LogP contribution >= 0.6 is 0 Å². The van der Waals surface area contributed by atoms with Crippen LogP contribution in [0.2, 0.25) is 0 Å². The van der Waals surface area contributed by atoms with E-state index >= 15 is 0 Å². The number of hydrogen-bond acceptors (Lipinski definition) is 5. The molecule has 2 rings (SSSR count). The van der Waals surface area contributed by atoms with Crippen molar-refractivity contribution in [3.63, 3.8) is 0 Å². The highest BCUT2D eigenvalue weighted by molar-refractivity contribution is 5.95. The van der Waals surface area contributed by atoms with Gasteiger partial charge in [-0.3, -0.25) is 5.41 Å². The number of aryl methyl sites for hydroxylation is 1. The number of rotatable bonds is 4. The molecular formula is C11H15N7. The first kappa shape index (κ1) is 12.0. The molecule has 7 heteroatoms. The van der Waals surface area contributed by atoms with Crippen LogP contribution in [0.5, 0.6) is 0 Å². The molecule has 0 bridgehead atoms. The summed E-state index contributed by atoms with van der Waals surface area (Å²) in [5, 5.41) is 19.2. The molecule has 3 N–H and O–H groups in total. The Morgan fingerprint density at radius 1 is 1.39 bits per heavy atom. The molecule has 1 aromatic heterocycles. The Labute approximate surface area is 105 Å². The summed E-state index contributed by atoms with van der Waals surface area (Å²) in [6.07, 6.45) is 0. The minimum absolute atomic E-state index is 0.0693. The molecule has 0 spiro atoms. The van der Waals surface area contributed by atoms with E-state index in [1.165, 1.54) is 4.80 Å². The van der Waals surface area contributed by atoms with Gasteiger partial charge in [0.1, 0.15) is 5.84 Å². The molecular weight excluding hydrogens is 230 g/mol. The minimum atomic E-state index is 0.0693. The van der Waals surface area contributed by atoms with Crippen LogP contribution in [0.25, 0.3) is 0 Å². The standard InChI is InChI=1S/C11H15N7/c1-17(7-10-14-16-18(2)15-10)9-5-3-8(4-6-9)11(12)13/h3-6H,7H2,1-2H3,(H3,12,13). The van der Waals surface area contributed by atoms with Crippen molar-refractivity contribution in [2.24, 2.45) is 12.8 Å². The molecule has 0 radical (unpaired) electrons. The van der Waals surface area contributed by atoms with Gasteiger partial charge in [0.2, 0.25) is 0 Å². The first-order valence-corrected chi connectivity index (χ1v) is 5.45. The maximum Gasteiger partial charge on any atom is 0.193 e. The Hall–Kier alpha value is -2.44. The molecule has 0 fully saturated rings. The number of hydrogen-bond donors (Lipinski definition) is 2. The molecule has 0 saturated heterocycles. The Kier molecular flexibility index (Phi) is 3.22. The fourth-order valence-electron chi connectivity index (χ4n) is 1.59. The second kappa shape index (κ2) is 4.82. The van der Waals surface area contributed by atoms with Gasteiger partial charge in [-0.25, -0.2) is 0 Å². The first-order valence-electron chi connectivity index (χ1n) is 5.45. The van der Waals surface area contributed by atoms with Gasteiger partial charge in [-0.15, -0.1) is 10.2 Å². The average Bonchev–Trinajstić information content (AvgIpc) is 2.75. The second-order valence-electron chi connectivity index (χ2n) is 4.01. The van der Waals surface area contributed by atoms with Crippen molar-refractivity contribution >= 4 is 11.5 Å². The van der Waals surface area contributed by atoms with Crippen molar-refractivity contribution < 1.29 is 0 Å². The number of nitrogen functional groups attached to an aromatic ring is 1. The van der Waals surface area contributed by atoms with Crippen LogP contribution in [-0.2, 0) is 13.6 Å². The average molecular weight is 245 g/mol. The lowest BCUT2D eigenvalue weighted by atomic mass is 10.2. The largest absolute Gasteiger partial charge is 0.384 e. The van der Waals surface area contributed by atoms with Crippen LogP contribution in [0.3, 0.4) is 0 Å². The molecule has 0 atom stereocenters. The van der Waals surface area contributed by atoms with Gasteiger partial charge >= 0.3 is 0 Å². The molecule has 1 heterocycles. The van der Waals surface area contributed by atoms with E-state index in [2.05, 4.69) is 15.4 Å². The molecule has 7 nitrogen and oxygen atoms in total. The number of anilines is 1. The van der Waals surface area contributed by atoms with E-state index in [0.717, 1.165) is 5.69 Å². The van der Waals surface area contributed by atoms with Gasteiger partial charge in [0, 0.05) is 18.3 Å². The fraction of sp³-hybridized carbons (Fsp3) is 0.273. The van der Waals surface area contributed by atoms with Gasteiger partial charge in [-0.05, 0) is 29.5 Å². The van der Waals surface area contributed by atoms with Crippen molar-refractivity contribution in [3.05, 3.63) is 35.7 Å². The van der Waals surface area contributed by atoms with Crippen LogP contribution < -0.4 is 10.6 Å². The summed E-state index contributed by atoms with van der Waals surface area (Å²) in [6, 6.07) is 7.46. The number of amidine groups is 1. The van der Waals surface area contributed by atoms with Crippen LogP contribution in [0.4, 0.5) is 5.69 Å². The summed E-state index contributed by atoms with van der Waals surface area (Å²) in [5.41, 5.74) is 7.12. The zero-order chi connectivity index (χ0) is 13.1. The molecule has 18 heavy (non-hydrogen) atoms. The van der Waals surface area contributed by atoms with Crippen LogP contribution in [0, 0.1) is 5.41 Å². The highest BCUT2D eigenvalue weighted by Crippen LogP contribution is 2.14. The Morgan fingerprint density at radius 2 is 2.06 bits per heavy atom. The van der Waals surface area contributed by atoms with Crippen molar-refractivity contribution in [1.29, 1.82) is 5.41 Å². The quantitative estimate of drug-likeness (QED) is 0.589. The summed E-state index contributed by atoms with van der Waals surface area (Å²) in [5.74, 6) is 0.732. The molecule has 0 aliphatic heterocycles. The second-order valence-corrected chi connectivity index (χ2v) is 4.01. The number of aromatic nitrogens is 4. The predicted octanol–water partition coefficient (Wildman–Crippen LogP) is 0.131. The molecule has 1 aromatic carbocycles. The van der Waals surface area contributed by atoms with E-state index < -0.39 is 0 Å². The summed E-state index contributed by atoms with van der Waals surface area (Å²) in [4.78, 5) is 3.43. The SMILES string of the molecule is CN(Cc1nnn(C)n1)c1ccc(C(=N)N)cc1. The van der Waals surface area contributed by atoms with Crippen LogP contribution in [0.15, 0.2) is 24.3 Å². The van der Waals surface area contributed by atoms with E-state index in [1.54, 1.807) is 7.05 Å². The minimum Gasteiger partial charge on any atom is -0.384 e. The zero-order valence-corrected chi connectivity index (χ0v) is 10.3. The number of nitrogens with zero attached hydrogens (tertiary/aromatic N) is 5. The van der Waals surface area contributed by atoms with Gasteiger partial charge in [0.15, 0.2) is 5.82 Å². The van der Waals surface area contributed by atoms with Crippen molar-refractivity contribution in [2.75, 3.05) is 11.9 Å². The molecule has 0 unspecified atom stereocenters. The molecule has 0 saturated carbocycles. The van der Waals surface area contributed by atoms with E-state index in [9.17, 15) is 0 Å². The maximum atomic E-state index is 7.33. The molecule has 2 aromatic rings. The fourth-order valence-corrected chi connectivity index (χ4v) is 1.59. The van der Waals surface area contributed by atoms with E-state index in [-0.39, 0.29) is 5.84 Å². The summed E-state index contributed by atoms with van der Waals surface area (Å²) in [7, 11) is 3.68. The summed E-state index contributed by atoms with van der Waals surface area (Å²) < 4.78 is 0. The third kappa shape index (κ3) is 2.62. The smallest absolute Gasteiger partial charge is 0.193 e. The third-order valence-electron chi connectivity index (χ3n) is 2.55. The lowest BCUT2D eigenvalue weighted by Gasteiger charge is -2.17. The Balaban J connectivity index is 2.09. The van der Waals surface area contributed by atoms with Gasteiger partial charge in [0.25, 0.3) is 0 Å². The van der Waals surface area contributed by atoms with E-state index in [0.29, 0.717) is 17.9 Å². The number of nitrogens with one attached hydrogen (secondary N) is 1. The Bertz CT molecular complexity index is 543. The number of tetrazole rings is 1. The van der Waals surface area contributed by atoms with Crippen LogP contribution in [-0.4, -0.2) is 33.1 Å². The van der Waals surface area contributed by atoms with Crippen molar-refractivity contribution in [2.45, 2.75) is 6.54 Å². The first-order chi connectivity index (χ1) is 8.56. The summed E-state index contributed by atoms with van der Waals surface area (Å²) in [6.45, 7) is 0.577. The summed E-state index contributed by atoms with van der Waals surface area (Å²) >= 11 is 0. The zero-order valence-electron chi connectivity index (χ0n) is 10.3. The molecule has 0 aliphatic rings. The van der Waals surface area contributed by atoms with Gasteiger partial charge in [0.05, 0.1) is 13.6 Å². The van der Waals surface area contributed by atoms with Crippen molar-refractivity contribution in [1.82, 2.24) is 20.2 Å². The van der Waals surface area contributed by atoms with E-state index in [1.807, 2.05) is 36.2 Å². The number of benzene rings is 1. The maximum absolute atomic E-state index is 7.33. The van der Waals surface area contributed by atoms with Gasteiger partial charge in [-0.1, -0.05) is 0 Å². The van der Waals surface area contributed by atoms with Gasteiger partial charge < -0.3 is 10.6 Å². The third-order valence-corrected chi connectivity index (χ3v) is 2.55. The molecule has 0 aliphatic carbocycles. The lowest BCUT2D eigenvalue weighted by Crippen LogP contribution is -2.18. The monoisotopic (exact) mass is 245 g/mol. The molecule has 0 amide bonds. The highest BCUT2D eigenvalue weighted by atomic mass is 15.6. The normalized spacial score (nSPS) is 10.3. The predicted molar refractivity (Wildman–Crippen MR) is 68.4 cm³/mol. The van der Waals surface area contributed by atoms with Crippen LogP contribution in [0.1, 0.15) is 11.4 Å². The lowest BCUT2D eigenvalue weighted by molar-refractivity contribution is 0.627. The van der Waals surface area contributed by atoms with Crippen molar-refractivity contribution in [3.8, 4) is 0 Å².